The first-order valence-electron chi connectivity index (χ1n) is 16.7. The highest BCUT2D eigenvalue weighted by Crippen LogP contribution is 2.44. The maximum absolute atomic E-state index is 14.1. The van der Waals surface area contributed by atoms with Crippen molar-refractivity contribution in [2.75, 3.05) is 18.0 Å². The maximum atomic E-state index is 14.1. The Balaban J connectivity index is 0.000000211. The van der Waals surface area contributed by atoms with Crippen LogP contribution in [0.2, 0.25) is 0 Å². The average molecular weight is 773 g/mol. The highest BCUT2D eigenvalue weighted by molar-refractivity contribution is 9.10. The first-order chi connectivity index (χ1) is 24.4. The molecule has 1 saturated carbocycles. The molecule has 0 radical (unpaired) electrons. The Morgan fingerprint density at radius 1 is 0.784 bits per heavy atom. The van der Waals surface area contributed by atoms with E-state index in [0.717, 1.165) is 43.2 Å². The maximum Gasteiger partial charge on any atom is 0.321 e. The standard InChI is InChI=1S/C24H28F2N6O.C11H10BrF2N3O/c1-14(2)32-24(33-20-6-4-5-19(25)23(20)26)29-21(30-32)10-18-16-7-8-17(18)12-31(11-16)22-9-15(3)27-13-28-22;1-6(2)17-11(15-10(12)16-17)18-8-5-3-4-7(13)9(8)14/h4-6,9,13-14,16-18H,7-8,10-12H2,1-3H3;3-6H,1-2H3/t16-,17+,18?;. The number of nitrogens with zero attached hydrogens (tertiary/aromatic N) is 9. The summed E-state index contributed by atoms with van der Waals surface area (Å²) in [6, 6.07) is 9.85. The molecule has 11 nitrogen and oxygen atoms in total. The summed E-state index contributed by atoms with van der Waals surface area (Å²) in [5, 5.41) is 8.71. The molecule has 16 heteroatoms. The molecule has 0 amide bonds. The van der Waals surface area contributed by atoms with Gasteiger partial charge in [0.15, 0.2) is 29.0 Å². The molecular weight excluding hydrogens is 734 g/mol. The Morgan fingerprint density at radius 3 is 1.88 bits per heavy atom. The van der Waals surface area contributed by atoms with Gasteiger partial charge in [-0.15, -0.1) is 5.10 Å². The fraction of sp³-hybridized carbons (Fsp3) is 0.429. The summed E-state index contributed by atoms with van der Waals surface area (Å²) in [4.78, 5) is 19.6. The largest absolute Gasteiger partial charge is 0.421 e. The van der Waals surface area contributed by atoms with E-state index in [4.69, 9.17) is 9.47 Å². The molecule has 4 heterocycles. The van der Waals surface area contributed by atoms with Gasteiger partial charge in [0.2, 0.25) is 16.4 Å². The van der Waals surface area contributed by atoms with Gasteiger partial charge < -0.3 is 14.4 Å². The molecule has 2 fully saturated rings. The van der Waals surface area contributed by atoms with Crippen LogP contribution in [0.4, 0.5) is 23.4 Å². The number of aromatic nitrogens is 8. The SMILES string of the molecule is CC(C)n1nc(Br)nc1Oc1cccc(F)c1F.Cc1cc(N2C[C@H]3CC[C@@H](C2)C3Cc2nc(Oc3cccc(F)c3F)n(C(C)C)n2)ncn1. The zero-order valence-corrected chi connectivity index (χ0v) is 30.4. The molecule has 270 valence electrons. The van der Waals surface area contributed by atoms with Gasteiger partial charge in [-0.1, -0.05) is 12.1 Å². The minimum atomic E-state index is -1.05. The average Bonchev–Trinajstić information content (AvgIpc) is 3.73. The van der Waals surface area contributed by atoms with Crippen molar-refractivity contribution in [1.29, 1.82) is 0 Å². The van der Waals surface area contributed by atoms with E-state index in [9.17, 15) is 17.6 Å². The molecule has 0 N–H and O–H groups in total. The molecule has 2 bridgehead atoms. The number of hydrogen-bond acceptors (Lipinski definition) is 9. The lowest BCUT2D eigenvalue weighted by Crippen LogP contribution is -2.43. The molecule has 1 saturated heterocycles. The topological polar surface area (TPSA) is 109 Å². The van der Waals surface area contributed by atoms with E-state index in [1.54, 1.807) is 11.0 Å². The molecule has 2 aliphatic rings. The van der Waals surface area contributed by atoms with Gasteiger partial charge in [-0.05, 0) is 105 Å². The fourth-order valence-corrected chi connectivity index (χ4v) is 6.86. The van der Waals surface area contributed by atoms with Gasteiger partial charge in [0.1, 0.15) is 12.1 Å². The number of anilines is 1. The second-order valence-electron chi connectivity index (χ2n) is 13.2. The third-order valence-electron chi connectivity index (χ3n) is 8.99. The van der Waals surface area contributed by atoms with Crippen molar-refractivity contribution >= 4 is 21.7 Å². The van der Waals surface area contributed by atoms with Gasteiger partial charge in [-0.3, -0.25) is 0 Å². The van der Waals surface area contributed by atoms with Crippen molar-refractivity contribution in [2.24, 2.45) is 17.8 Å². The first-order valence-corrected chi connectivity index (χ1v) is 17.5. The minimum Gasteiger partial charge on any atom is -0.421 e. The zero-order chi connectivity index (χ0) is 36.4. The summed E-state index contributed by atoms with van der Waals surface area (Å²) in [5.41, 5.74) is 0.972. The molecule has 7 rings (SSSR count). The molecule has 1 aliphatic carbocycles. The zero-order valence-electron chi connectivity index (χ0n) is 28.8. The van der Waals surface area contributed by atoms with Gasteiger partial charge >= 0.3 is 12.0 Å². The van der Waals surface area contributed by atoms with Crippen LogP contribution < -0.4 is 14.4 Å². The van der Waals surface area contributed by atoms with Crippen LogP contribution >= 0.6 is 15.9 Å². The molecular formula is C35H38BrF4N9O2. The summed E-state index contributed by atoms with van der Waals surface area (Å²) in [7, 11) is 0. The van der Waals surface area contributed by atoms with Gasteiger partial charge in [0.25, 0.3) is 0 Å². The molecule has 5 aromatic rings. The van der Waals surface area contributed by atoms with Crippen LogP contribution in [0, 0.1) is 47.9 Å². The Morgan fingerprint density at radius 2 is 1.33 bits per heavy atom. The van der Waals surface area contributed by atoms with Crippen molar-refractivity contribution < 1.29 is 27.0 Å². The van der Waals surface area contributed by atoms with E-state index in [1.807, 2.05) is 40.7 Å². The van der Waals surface area contributed by atoms with Crippen molar-refractivity contribution in [3.63, 3.8) is 0 Å². The highest BCUT2D eigenvalue weighted by atomic mass is 79.9. The summed E-state index contributed by atoms with van der Waals surface area (Å²) in [6.07, 6.45) is 4.73. The van der Waals surface area contributed by atoms with Crippen molar-refractivity contribution in [3.05, 3.63) is 88.3 Å². The van der Waals surface area contributed by atoms with Crippen LogP contribution in [-0.2, 0) is 6.42 Å². The first kappa shape index (κ1) is 36.2. The number of aryl methyl sites for hydroxylation is 1. The van der Waals surface area contributed by atoms with Gasteiger partial charge in [0, 0.05) is 31.3 Å². The Hall–Kier alpha value is -4.60. The molecule has 3 atom stereocenters. The number of fused-ring (bicyclic) bond motifs is 2. The van der Waals surface area contributed by atoms with E-state index in [2.05, 4.69) is 51.0 Å². The number of ether oxygens (including phenoxy) is 2. The quantitative estimate of drug-likeness (QED) is 0.137. The van der Waals surface area contributed by atoms with Crippen LogP contribution in [0.1, 0.15) is 64.1 Å². The second-order valence-corrected chi connectivity index (χ2v) is 14.0. The van der Waals surface area contributed by atoms with Crippen molar-refractivity contribution in [3.8, 4) is 23.5 Å². The molecule has 3 aromatic heterocycles. The lowest BCUT2D eigenvalue weighted by Gasteiger charge is -2.38. The number of piperidine rings is 1. The normalized spacial score (nSPS) is 18.3. The summed E-state index contributed by atoms with van der Waals surface area (Å²) < 4.78 is 68.6. The highest BCUT2D eigenvalue weighted by Gasteiger charge is 2.43. The Kier molecular flexibility index (Phi) is 10.9. The van der Waals surface area contributed by atoms with E-state index < -0.39 is 23.3 Å². The lowest BCUT2D eigenvalue weighted by atomic mass is 9.82. The van der Waals surface area contributed by atoms with E-state index in [1.165, 1.54) is 41.8 Å². The van der Waals surface area contributed by atoms with Crippen molar-refractivity contribution in [2.45, 2.75) is 66.0 Å². The van der Waals surface area contributed by atoms with Gasteiger partial charge in [0.05, 0.1) is 12.1 Å². The van der Waals surface area contributed by atoms with Crippen LogP contribution in [0.25, 0.3) is 0 Å². The minimum absolute atomic E-state index is 0.0181. The van der Waals surface area contributed by atoms with Crippen LogP contribution in [0.15, 0.2) is 53.5 Å². The molecule has 1 aliphatic heterocycles. The van der Waals surface area contributed by atoms with E-state index in [-0.39, 0.29) is 35.6 Å². The predicted octanol–water partition coefficient (Wildman–Crippen LogP) is 8.43. The predicted molar refractivity (Wildman–Crippen MR) is 184 cm³/mol. The van der Waals surface area contributed by atoms with Crippen LogP contribution in [0.5, 0.6) is 23.5 Å². The number of benzene rings is 2. The second kappa shape index (κ2) is 15.3. The summed E-state index contributed by atoms with van der Waals surface area (Å²) in [5.74, 6) is -1.18. The van der Waals surface area contributed by atoms with E-state index >= 15 is 0 Å². The van der Waals surface area contributed by atoms with Crippen molar-refractivity contribution in [1.82, 2.24) is 39.5 Å². The van der Waals surface area contributed by atoms with Gasteiger partial charge in [-0.2, -0.15) is 23.8 Å². The monoisotopic (exact) mass is 771 g/mol. The van der Waals surface area contributed by atoms with Crippen LogP contribution in [-0.4, -0.2) is 52.6 Å². The number of rotatable bonds is 9. The molecule has 51 heavy (non-hydrogen) atoms. The fourth-order valence-electron chi connectivity index (χ4n) is 6.54. The summed E-state index contributed by atoms with van der Waals surface area (Å²) in [6.45, 7) is 11.6. The molecule has 0 spiro atoms. The molecule has 2 aromatic carbocycles. The van der Waals surface area contributed by atoms with Crippen LogP contribution in [0.3, 0.4) is 0 Å². The van der Waals surface area contributed by atoms with E-state index in [0.29, 0.717) is 28.3 Å². The Bertz CT molecular complexity index is 1970. The third kappa shape index (κ3) is 8.16. The number of halogens is 5. The lowest BCUT2D eigenvalue weighted by molar-refractivity contribution is 0.264. The smallest absolute Gasteiger partial charge is 0.321 e. The summed E-state index contributed by atoms with van der Waals surface area (Å²) >= 11 is 3.11. The Labute approximate surface area is 301 Å². The third-order valence-corrected chi connectivity index (χ3v) is 9.33. The molecule has 1 unspecified atom stereocenters. The number of hydrogen-bond donors (Lipinski definition) is 0. The van der Waals surface area contributed by atoms with Gasteiger partial charge in [-0.25, -0.2) is 28.1 Å².